The molecule has 0 heterocycles. The molecule has 5 heteroatoms. The Bertz CT molecular complexity index is 204. The van der Waals surface area contributed by atoms with E-state index in [4.69, 9.17) is 0 Å². The van der Waals surface area contributed by atoms with Crippen LogP contribution in [0.25, 0.3) is 0 Å². The topological polar surface area (TPSA) is 36.1 Å². The summed E-state index contributed by atoms with van der Waals surface area (Å²) in [4.78, 5) is 0. The molecule has 0 saturated heterocycles. The van der Waals surface area contributed by atoms with Gasteiger partial charge in [-0.3, -0.25) is 0 Å². The van der Waals surface area contributed by atoms with Gasteiger partial charge in [0.25, 0.3) is 0 Å². The maximum absolute atomic E-state index is 4.44. The lowest BCUT2D eigenvalue weighted by atomic mass is 10.00. The van der Waals surface area contributed by atoms with E-state index in [-0.39, 0.29) is 11.1 Å². The molecule has 0 spiro atoms. The fraction of sp³-hybridized carbons (Fsp3) is 1.00. The lowest BCUT2D eigenvalue weighted by Crippen LogP contribution is -2.60. The molecule has 0 aliphatic rings. The van der Waals surface area contributed by atoms with Crippen LogP contribution in [0.2, 0.25) is 0 Å². The molecule has 0 unspecified atom stereocenters. The van der Waals surface area contributed by atoms with Crippen molar-refractivity contribution in [2.45, 2.75) is 38.8 Å². The fourth-order valence-electron chi connectivity index (χ4n) is 1.58. The van der Waals surface area contributed by atoms with Crippen LogP contribution < -0.4 is 16.0 Å². The van der Waals surface area contributed by atoms with Gasteiger partial charge in [0.05, 0.1) is 0 Å². The molecule has 0 amide bonds. The molecule has 0 aromatic carbocycles. The van der Waals surface area contributed by atoms with E-state index in [2.05, 4.69) is 68.9 Å². The number of rotatable bonds is 10. The van der Waals surface area contributed by atoms with Crippen molar-refractivity contribution < 1.29 is 0 Å². The summed E-state index contributed by atoms with van der Waals surface area (Å²) in [5.41, 5.74) is 0.0625. The third kappa shape index (κ3) is 6.91. The molecule has 104 valence electrons. The standard InChI is InChI=1S/C12H29N3S2/c1-5-13-7-11(3,9-16)15-8-12(4,10-17)14-6-2/h13-17H,5-10H2,1-4H3/t11-,12-/m0/s1. The largest absolute Gasteiger partial charge is 0.315 e. The zero-order chi connectivity index (χ0) is 13.4. The average molecular weight is 280 g/mol. The number of nitrogens with one attached hydrogen (secondary N) is 3. The van der Waals surface area contributed by atoms with E-state index in [0.29, 0.717) is 0 Å². The first-order chi connectivity index (χ1) is 7.95. The summed E-state index contributed by atoms with van der Waals surface area (Å²) >= 11 is 8.87. The maximum Gasteiger partial charge on any atom is 0.0367 e. The van der Waals surface area contributed by atoms with Crippen molar-refractivity contribution in [2.24, 2.45) is 0 Å². The lowest BCUT2D eigenvalue weighted by Gasteiger charge is -2.36. The molecule has 0 aromatic heterocycles. The van der Waals surface area contributed by atoms with Gasteiger partial charge in [-0.1, -0.05) is 13.8 Å². The molecular weight excluding hydrogens is 250 g/mol. The summed E-state index contributed by atoms with van der Waals surface area (Å²) in [6, 6.07) is 0. The van der Waals surface area contributed by atoms with E-state index in [1.807, 2.05) is 0 Å². The van der Waals surface area contributed by atoms with Crippen molar-refractivity contribution in [3.63, 3.8) is 0 Å². The summed E-state index contributed by atoms with van der Waals surface area (Å²) < 4.78 is 0. The highest BCUT2D eigenvalue weighted by molar-refractivity contribution is 7.80. The van der Waals surface area contributed by atoms with Gasteiger partial charge >= 0.3 is 0 Å². The van der Waals surface area contributed by atoms with E-state index < -0.39 is 0 Å². The molecule has 0 aromatic rings. The van der Waals surface area contributed by atoms with Gasteiger partial charge in [0.2, 0.25) is 0 Å². The Morgan fingerprint density at radius 1 is 0.824 bits per heavy atom. The first-order valence-corrected chi connectivity index (χ1v) is 7.64. The van der Waals surface area contributed by atoms with Crippen molar-refractivity contribution in [3.8, 4) is 0 Å². The Hall–Kier alpha value is 0.580. The first-order valence-electron chi connectivity index (χ1n) is 6.38. The molecule has 0 aliphatic heterocycles. The number of likely N-dealkylation sites (N-methyl/N-ethyl adjacent to an activating group) is 2. The zero-order valence-electron chi connectivity index (χ0n) is 11.6. The third-order valence-electron chi connectivity index (χ3n) is 2.97. The highest BCUT2D eigenvalue weighted by Gasteiger charge is 2.27. The molecule has 0 fully saturated rings. The first kappa shape index (κ1) is 17.6. The second-order valence-corrected chi connectivity index (χ2v) is 5.73. The van der Waals surface area contributed by atoms with Gasteiger partial charge in [0, 0.05) is 35.7 Å². The second kappa shape index (κ2) is 8.64. The van der Waals surface area contributed by atoms with Gasteiger partial charge in [-0.15, -0.1) is 0 Å². The SMILES string of the molecule is CCNC[C@@](C)(CS)NC[C@@](C)(CS)NCC. The van der Waals surface area contributed by atoms with E-state index in [0.717, 1.165) is 37.7 Å². The molecule has 0 aliphatic carbocycles. The van der Waals surface area contributed by atoms with Crippen LogP contribution in [0, 0.1) is 0 Å². The Labute approximate surface area is 118 Å². The summed E-state index contributed by atoms with van der Waals surface area (Å²) in [6.45, 7) is 12.4. The van der Waals surface area contributed by atoms with E-state index in [1.165, 1.54) is 0 Å². The molecular formula is C12H29N3S2. The van der Waals surface area contributed by atoms with E-state index in [1.54, 1.807) is 0 Å². The predicted molar refractivity (Wildman–Crippen MR) is 84.7 cm³/mol. The minimum absolute atomic E-state index is 0.0265. The highest BCUT2D eigenvalue weighted by Crippen LogP contribution is 2.10. The van der Waals surface area contributed by atoms with Crippen LogP contribution in [0.4, 0.5) is 0 Å². The number of hydrogen-bond donors (Lipinski definition) is 5. The van der Waals surface area contributed by atoms with Crippen LogP contribution in [0.1, 0.15) is 27.7 Å². The number of hydrogen-bond acceptors (Lipinski definition) is 5. The fourth-order valence-corrected chi connectivity index (χ4v) is 2.03. The van der Waals surface area contributed by atoms with Gasteiger partial charge in [-0.05, 0) is 26.9 Å². The Morgan fingerprint density at radius 2 is 1.35 bits per heavy atom. The Balaban J connectivity index is 4.27. The zero-order valence-corrected chi connectivity index (χ0v) is 13.4. The molecule has 0 radical (unpaired) electrons. The van der Waals surface area contributed by atoms with Crippen LogP contribution in [0.5, 0.6) is 0 Å². The van der Waals surface area contributed by atoms with Gasteiger partial charge in [0.1, 0.15) is 0 Å². The normalized spacial score (nSPS) is 18.7. The molecule has 2 atom stereocenters. The molecule has 0 bridgehead atoms. The summed E-state index contributed by atoms with van der Waals surface area (Å²) in [6.07, 6.45) is 0. The summed E-state index contributed by atoms with van der Waals surface area (Å²) in [7, 11) is 0. The van der Waals surface area contributed by atoms with Gasteiger partial charge < -0.3 is 16.0 Å². The third-order valence-corrected chi connectivity index (χ3v) is 4.37. The summed E-state index contributed by atoms with van der Waals surface area (Å²) in [5, 5.41) is 10.5. The minimum Gasteiger partial charge on any atom is -0.315 e. The second-order valence-electron chi connectivity index (χ2n) is 5.10. The molecule has 17 heavy (non-hydrogen) atoms. The van der Waals surface area contributed by atoms with Crippen LogP contribution >= 0.6 is 25.3 Å². The maximum atomic E-state index is 4.44. The predicted octanol–water partition coefficient (Wildman–Crippen LogP) is 1.17. The highest BCUT2D eigenvalue weighted by atomic mass is 32.1. The van der Waals surface area contributed by atoms with Crippen molar-refractivity contribution in [1.29, 1.82) is 0 Å². The van der Waals surface area contributed by atoms with Crippen LogP contribution in [-0.4, -0.2) is 48.8 Å². The molecule has 0 rings (SSSR count). The van der Waals surface area contributed by atoms with Crippen LogP contribution in [-0.2, 0) is 0 Å². The molecule has 0 saturated carbocycles. The van der Waals surface area contributed by atoms with E-state index >= 15 is 0 Å². The van der Waals surface area contributed by atoms with Crippen LogP contribution in [0.3, 0.4) is 0 Å². The van der Waals surface area contributed by atoms with Gasteiger partial charge in [0.15, 0.2) is 0 Å². The van der Waals surface area contributed by atoms with Gasteiger partial charge in [-0.2, -0.15) is 25.3 Å². The Kier molecular flexibility index (Phi) is 8.94. The molecule has 3 N–H and O–H groups in total. The number of thiol groups is 2. The van der Waals surface area contributed by atoms with Crippen molar-refractivity contribution in [1.82, 2.24) is 16.0 Å². The van der Waals surface area contributed by atoms with E-state index in [9.17, 15) is 0 Å². The summed E-state index contributed by atoms with van der Waals surface area (Å²) in [5.74, 6) is 1.63. The van der Waals surface area contributed by atoms with Crippen LogP contribution in [0.15, 0.2) is 0 Å². The monoisotopic (exact) mass is 279 g/mol. The van der Waals surface area contributed by atoms with Gasteiger partial charge in [-0.25, -0.2) is 0 Å². The lowest BCUT2D eigenvalue weighted by molar-refractivity contribution is 0.305. The smallest absolute Gasteiger partial charge is 0.0367 e. The minimum atomic E-state index is 0.0265. The average Bonchev–Trinajstić information content (AvgIpc) is 2.34. The van der Waals surface area contributed by atoms with Crippen molar-refractivity contribution in [3.05, 3.63) is 0 Å². The molecule has 3 nitrogen and oxygen atoms in total. The van der Waals surface area contributed by atoms with Crippen molar-refractivity contribution >= 4 is 25.3 Å². The quantitative estimate of drug-likeness (QED) is 0.390. The Morgan fingerprint density at radius 3 is 1.76 bits per heavy atom. The van der Waals surface area contributed by atoms with Crippen molar-refractivity contribution in [2.75, 3.05) is 37.7 Å².